The van der Waals surface area contributed by atoms with E-state index in [0.29, 0.717) is 26.2 Å². The van der Waals surface area contributed by atoms with Gasteiger partial charge in [0.2, 0.25) is 0 Å². The minimum absolute atomic E-state index is 0.0645. The van der Waals surface area contributed by atoms with E-state index in [1.54, 1.807) is 0 Å². The van der Waals surface area contributed by atoms with Gasteiger partial charge in [-0.15, -0.1) is 0 Å². The Bertz CT molecular complexity index is 268. The normalized spacial score (nSPS) is 22.1. The van der Waals surface area contributed by atoms with Crippen molar-refractivity contribution in [2.75, 3.05) is 19.8 Å². The van der Waals surface area contributed by atoms with Crippen molar-refractivity contribution in [3.8, 4) is 0 Å². The van der Waals surface area contributed by atoms with Crippen LogP contribution in [0, 0.1) is 11.3 Å². The van der Waals surface area contributed by atoms with Crippen molar-refractivity contribution in [1.29, 1.82) is 0 Å². The van der Waals surface area contributed by atoms with Gasteiger partial charge in [0.25, 0.3) is 0 Å². The molecule has 2 N–H and O–H groups in total. The van der Waals surface area contributed by atoms with Crippen molar-refractivity contribution in [3.05, 3.63) is 0 Å². The van der Waals surface area contributed by atoms with E-state index >= 15 is 0 Å². The maximum absolute atomic E-state index is 11.0. The van der Waals surface area contributed by atoms with Crippen molar-refractivity contribution in [2.24, 2.45) is 11.3 Å². The molecule has 1 saturated heterocycles. The van der Waals surface area contributed by atoms with E-state index < -0.39 is 12.0 Å². The molecular formula is C13H25NO4. The number of carbonyl (C=O) groups is 1. The van der Waals surface area contributed by atoms with Crippen LogP contribution in [0.1, 0.15) is 34.1 Å². The summed E-state index contributed by atoms with van der Waals surface area (Å²) in [6.07, 6.45) is 0.458. The van der Waals surface area contributed by atoms with Crippen molar-refractivity contribution in [2.45, 2.75) is 46.4 Å². The smallest absolute Gasteiger partial charge is 0.320 e. The number of rotatable bonds is 6. The molecule has 106 valence electrons. The van der Waals surface area contributed by atoms with Crippen LogP contribution in [0.2, 0.25) is 0 Å². The Morgan fingerprint density at radius 1 is 1.39 bits per heavy atom. The third kappa shape index (κ3) is 4.92. The Balaban J connectivity index is 2.24. The highest BCUT2D eigenvalue weighted by atomic mass is 16.7. The van der Waals surface area contributed by atoms with Gasteiger partial charge >= 0.3 is 5.97 Å². The lowest BCUT2D eigenvalue weighted by Crippen LogP contribution is -2.44. The average Bonchev–Trinajstić information content (AvgIpc) is 2.25. The highest BCUT2D eigenvalue weighted by Crippen LogP contribution is 2.23. The highest BCUT2D eigenvalue weighted by Gasteiger charge is 2.28. The van der Waals surface area contributed by atoms with E-state index in [-0.39, 0.29) is 17.6 Å². The molecule has 0 spiro atoms. The summed E-state index contributed by atoms with van der Waals surface area (Å²) in [5.41, 5.74) is 0.0749. The molecular weight excluding hydrogens is 234 g/mol. The predicted molar refractivity (Wildman–Crippen MR) is 68.4 cm³/mol. The Morgan fingerprint density at radius 2 is 1.94 bits per heavy atom. The molecule has 0 amide bonds. The van der Waals surface area contributed by atoms with Crippen LogP contribution >= 0.6 is 0 Å². The second-order valence-corrected chi connectivity index (χ2v) is 6.02. The third-order valence-electron chi connectivity index (χ3n) is 3.00. The van der Waals surface area contributed by atoms with Crippen LogP contribution in [0.5, 0.6) is 0 Å². The van der Waals surface area contributed by atoms with Crippen LogP contribution in [0.25, 0.3) is 0 Å². The number of carboxylic acids is 1. The number of aliphatic carboxylic acids is 1. The summed E-state index contributed by atoms with van der Waals surface area (Å²) in [6.45, 7) is 9.93. The predicted octanol–water partition coefficient (Wildman–Crippen LogP) is 1.47. The fourth-order valence-electron chi connectivity index (χ4n) is 1.86. The van der Waals surface area contributed by atoms with E-state index in [4.69, 9.17) is 14.6 Å². The van der Waals surface area contributed by atoms with Gasteiger partial charge in [-0.2, -0.15) is 0 Å². The molecule has 1 aliphatic heterocycles. The molecule has 18 heavy (non-hydrogen) atoms. The summed E-state index contributed by atoms with van der Waals surface area (Å²) in [6, 6.07) is -0.509. The molecule has 5 heteroatoms. The quantitative estimate of drug-likeness (QED) is 0.756. The van der Waals surface area contributed by atoms with Gasteiger partial charge in [0, 0.05) is 18.4 Å². The summed E-state index contributed by atoms with van der Waals surface area (Å²) in [4.78, 5) is 11.0. The lowest BCUT2D eigenvalue weighted by molar-refractivity contribution is -0.223. The number of ether oxygens (including phenoxy) is 2. The monoisotopic (exact) mass is 259 g/mol. The molecule has 1 aliphatic rings. The highest BCUT2D eigenvalue weighted by molar-refractivity contribution is 5.73. The van der Waals surface area contributed by atoms with Gasteiger partial charge in [-0.05, 0) is 5.92 Å². The third-order valence-corrected chi connectivity index (χ3v) is 3.00. The lowest BCUT2D eigenvalue weighted by atomic mass is 9.95. The Hall–Kier alpha value is -0.650. The standard InChI is InChI=1S/C13H25NO4/c1-9(2)11(12(15)16)14-6-5-10-17-7-13(3,4)8-18-10/h9-11,14H,5-8H2,1-4H3,(H,15,16)/t11-/m0/s1. The summed E-state index contributed by atoms with van der Waals surface area (Å²) in [5.74, 6) is -0.744. The Labute approximate surface area is 109 Å². The molecule has 0 saturated carbocycles. The minimum Gasteiger partial charge on any atom is -0.480 e. The Kier molecular flexibility index (Phi) is 5.56. The van der Waals surface area contributed by atoms with Gasteiger partial charge < -0.3 is 19.9 Å². The van der Waals surface area contributed by atoms with Gasteiger partial charge in [-0.1, -0.05) is 27.7 Å². The van der Waals surface area contributed by atoms with Gasteiger partial charge in [0.15, 0.2) is 6.29 Å². The zero-order valence-corrected chi connectivity index (χ0v) is 11.7. The first kappa shape index (κ1) is 15.4. The molecule has 0 aromatic heterocycles. The van der Waals surface area contributed by atoms with Crippen molar-refractivity contribution in [3.63, 3.8) is 0 Å². The SMILES string of the molecule is CC(C)[C@H](NCCC1OCC(C)(C)CO1)C(=O)O. The molecule has 0 bridgehead atoms. The summed E-state index contributed by atoms with van der Waals surface area (Å²) >= 11 is 0. The number of carboxylic acid groups (broad SMARTS) is 1. The van der Waals surface area contributed by atoms with E-state index in [0.717, 1.165) is 0 Å². The molecule has 1 heterocycles. The van der Waals surface area contributed by atoms with Crippen LogP contribution in [0.3, 0.4) is 0 Å². The van der Waals surface area contributed by atoms with Gasteiger partial charge in [0.05, 0.1) is 13.2 Å². The van der Waals surface area contributed by atoms with Gasteiger partial charge in [-0.25, -0.2) is 0 Å². The van der Waals surface area contributed by atoms with E-state index in [2.05, 4.69) is 19.2 Å². The lowest BCUT2D eigenvalue weighted by Gasteiger charge is -2.34. The molecule has 0 radical (unpaired) electrons. The summed E-state index contributed by atoms with van der Waals surface area (Å²) in [7, 11) is 0. The zero-order valence-electron chi connectivity index (χ0n) is 11.7. The average molecular weight is 259 g/mol. The maximum atomic E-state index is 11.0. The largest absolute Gasteiger partial charge is 0.480 e. The second-order valence-electron chi connectivity index (χ2n) is 6.02. The Morgan fingerprint density at radius 3 is 2.39 bits per heavy atom. The molecule has 0 aromatic rings. The first-order chi connectivity index (χ1) is 8.32. The molecule has 0 unspecified atom stereocenters. The fraction of sp³-hybridized carbons (Fsp3) is 0.923. The summed E-state index contributed by atoms with van der Waals surface area (Å²) < 4.78 is 11.2. The fourth-order valence-corrected chi connectivity index (χ4v) is 1.86. The molecule has 0 aliphatic carbocycles. The maximum Gasteiger partial charge on any atom is 0.320 e. The van der Waals surface area contributed by atoms with Gasteiger partial charge in [0.1, 0.15) is 6.04 Å². The van der Waals surface area contributed by atoms with E-state index in [1.807, 2.05) is 13.8 Å². The minimum atomic E-state index is -0.809. The van der Waals surface area contributed by atoms with Crippen molar-refractivity contribution in [1.82, 2.24) is 5.32 Å². The number of nitrogens with one attached hydrogen (secondary N) is 1. The molecule has 5 nitrogen and oxygen atoms in total. The van der Waals surface area contributed by atoms with Crippen LogP contribution in [-0.2, 0) is 14.3 Å². The van der Waals surface area contributed by atoms with Gasteiger partial charge in [-0.3, -0.25) is 4.79 Å². The first-order valence-electron chi connectivity index (χ1n) is 6.51. The first-order valence-corrected chi connectivity index (χ1v) is 6.51. The van der Waals surface area contributed by atoms with E-state index in [9.17, 15) is 4.79 Å². The van der Waals surface area contributed by atoms with Crippen LogP contribution in [0.15, 0.2) is 0 Å². The zero-order chi connectivity index (χ0) is 13.8. The number of hydrogen-bond acceptors (Lipinski definition) is 4. The topological polar surface area (TPSA) is 67.8 Å². The van der Waals surface area contributed by atoms with Crippen LogP contribution < -0.4 is 5.32 Å². The van der Waals surface area contributed by atoms with Crippen LogP contribution in [-0.4, -0.2) is 43.2 Å². The summed E-state index contributed by atoms with van der Waals surface area (Å²) in [5, 5.41) is 12.1. The molecule has 1 rings (SSSR count). The van der Waals surface area contributed by atoms with Crippen LogP contribution in [0.4, 0.5) is 0 Å². The molecule has 0 aromatic carbocycles. The van der Waals surface area contributed by atoms with Crippen molar-refractivity contribution >= 4 is 5.97 Å². The number of hydrogen-bond donors (Lipinski definition) is 2. The molecule has 1 fully saturated rings. The van der Waals surface area contributed by atoms with Crippen molar-refractivity contribution < 1.29 is 19.4 Å². The second kappa shape index (κ2) is 6.50. The van der Waals surface area contributed by atoms with E-state index in [1.165, 1.54) is 0 Å². The molecule has 1 atom stereocenters.